The van der Waals surface area contributed by atoms with Crippen LogP contribution in [0.5, 0.6) is 0 Å². The second-order valence-electron chi connectivity index (χ2n) is 6.32. The van der Waals surface area contributed by atoms with Crippen molar-refractivity contribution in [2.45, 2.75) is 52.4 Å². The number of hydrogen-bond acceptors (Lipinski definition) is 4. The Balaban J connectivity index is 2.18. The molecule has 1 rings (SSSR count). The Hall–Kier alpha value is -1.30. The van der Waals surface area contributed by atoms with E-state index < -0.39 is 0 Å². The smallest absolute Gasteiger partial charge is 0.305 e. The number of aliphatic imine (C=N–C) groups is 1. The third-order valence-corrected chi connectivity index (χ3v) is 4.11. The number of hydrogen-bond donors (Lipinski definition) is 1. The molecule has 140 valence electrons. The van der Waals surface area contributed by atoms with Crippen LogP contribution in [0.4, 0.5) is 0 Å². The molecule has 1 unspecified atom stereocenters. The van der Waals surface area contributed by atoms with E-state index in [0.717, 1.165) is 70.9 Å². The Kier molecular flexibility index (Phi) is 11.3. The molecule has 0 aromatic carbocycles. The summed E-state index contributed by atoms with van der Waals surface area (Å²) in [5, 5.41) is 3.36. The predicted octanol–water partition coefficient (Wildman–Crippen LogP) is 2.43. The lowest BCUT2D eigenvalue weighted by Gasteiger charge is -2.24. The summed E-state index contributed by atoms with van der Waals surface area (Å²) < 4.78 is 10.4. The number of carbonyl (C=O) groups excluding carboxylic acids is 1. The van der Waals surface area contributed by atoms with Crippen molar-refractivity contribution >= 4 is 11.9 Å². The molecule has 0 amide bonds. The summed E-state index contributed by atoms with van der Waals surface area (Å²) in [4.78, 5) is 18.2. The van der Waals surface area contributed by atoms with E-state index in [0.29, 0.717) is 18.9 Å². The SMILES string of the molecule is CCNC(=NCCCCCCC(=O)OCC)N(C)CC1CCOC1. The largest absolute Gasteiger partial charge is 0.466 e. The first-order valence-electron chi connectivity index (χ1n) is 9.40. The molecule has 0 bridgehead atoms. The topological polar surface area (TPSA) is 63.2 Å². The van der Waals surface area contributed by atoms with Crippen LogP contribution in [0, 0.1) is 5.92 Å². The summed E-state index contributed by atoms with van der Waals surface area (Å²) >= 11 is 0. The number of esters is 1. The minimum Gasteiger partial charge on any atom is -0.466 e. The molecule has 1 N–H and O–H groups in total. The first kappa shape index (κ1) is 20.7. The minimum atomic E-state index is -0.0810. The van der Waals surface area contributed by atoms with Crippen molar-refractivity contribution in [3.63, 3.8) is 0 Å². The molecule has 0 saturated carbocycles. The molecule has 0 aromatic heterocycles. The van der Waals surface area contributed by atoms with Gasteiger partial charge in [-0.3, -0.25) is 9.79 Å². The van der Waals surface area contributed by atoms with Crippen LogP contribution in [0.2, 0.25) is 0 Å². The summed E-state index contributed by atoms with van der Waals surface area (Å²) in [6, 6.07) is 0. The van der Waals surface area contributed by atoms with Crippen molar-refractivity contribution < 1.29 is 14.3 Å². The Morgan fingerprint density at radius 3 is 2.75 bits per heavy atom. The van der Waals surface area contributed by atoms with E-state index in [1.54, 1.807) is 0 Å². The Bertz CT molecular complexity index is 369. The molecule has 6 nitrogen and oxygen atoms in total. The van der Waals surface area contributed by atoms with Gasteiger partial charge >= 0.3 is 5.97 Å². The number of unbranched alkanes of at least 4 members (excludes halogenated alkanes) is 3. The minimum absolute atomic E-state index is 0.0810. The van der Waals surface area contributed by atoms with Crippen LogP contribution in [0.15, 0.2) is 4.99 Å². The maximum Gasteiger partial charge on any atom is 0.305 e. The van der Waals surface area contributed by atoms with Crippen LogP contribution < -0.4 is 5.32 Å². The van der Waals surface area contributed by atoms with Gasteiger partial charge in [-0.05, 0) is 33.1 Å². The van der Waals surface area contributed by atoms with E-state index in [9.17, 15) is 4.79 Å². The van der Waals surface area contributed by atoms with Gasteiger partial charge in [0.25, 0.3) is 0 Å². The van der Waals surface area contributed by atoms with Gasteiger partial charge in [0.05, 0.1) is 13.2 Å². The number of ether oxygens (including phenoxy) is 2. The quantitative estimate of drug-likeness (QED) is 0.271. The molecule has 0 aliphatic carbocycles. The van der Waals surface area contributed by atoms with Crippen LogP contribution >= 0.6 is 0 Å². The Morgan fingerprint density at radius 2 is 2.08 bits per heavy atom. The molecule has 0 aromatic rings. The summed E-state index contributed by atoms with van der Waals surface area (Å²) in [5.41, 5.74) is 0. The highest BCUT2D eigenvalue weighted by atomic mass is 16.5. The number of nitrogens with zero attached hydrogens (tertiary/aromatic N) is 2. The third-order valence-electron chi connectivity index (χ3n) is 4.11. The Morgan fingerprint density at radius 1 is 1.29 bits per heavy atom. The van der Waals surface area contributed by atoms with Crippen molar-refractivity contribution in [3.05, 3.63) is 0 Å². The normalized spacial score (nSPS) is 17.8. The molecule has 1 aliphatic rings. The number of guanidine groups is 1. The molecule has 1 heterocycles. The highest BCUT2D eigenvalue weighted by molar-refractivity contribution is 5.79. The highest BCUT2D eigenvalue weighted by Crippen LogP contribution is 2.13. The molecule has 1 fully saturated rings. The van der Waals surface area contributed by atoms with Crippen LogP contribution in [0.1, 0.15) is 52.4 Å². The zero-order chi connectivity index (χ0) is 17.6. The van der Waals surface area contributed by atoms with Gasteiger partial charge in [0.15, 0.2) is 5.96 Å². The van der Waals surface area contributed by atoms with Crippen molar-refractivity contribution in [2.75, 3.05) is 46.5 Å². The van der Waals surface area contributed by atoms with Crippen molar-refractivity contribution in [1.29, 1.82) is 0 Å². The molecule has 0 spiro atoms. The molecule has 24 heavy (non-hydrogen) atoms. The van der Waals surface area contributed by atoms with Gasteiger partial charge in [-0.15, -0.1) is 0 Å². The van der Waals surface area contributed by atoms with Crippen molar-refractivity contribution in [3.8, 4) is 0 Å². The van der Waals surface area contributed by atoms with E-state index >= 15 is 0 Å². The van der Waals surface area contributed by atoms with E-state index in [2.05, 4.69) is 24.2 Å². The first-order chi connectivity index (χ1) is 11.7. The average Bonchev–Trinajstić information content (AvgIpc) is 3.06. The maximum atomic E-state index is 11.2. The molecule has 1 saturated heterocycles. The van der Waals surface area contributed by atoms with E-state index in [1.807, 2.05) is 6.92 Å². The fourth-order valence-electron chi connectivity index (χ4n) is 2.82. The lowest BCUT2D eigenvalue weighted by molar-refractivity contribution is -0.143. The summed E-state index contributed by atoms with van der Waals surface area (Å²) in [7, 11) is 2.10. The molecule has 0 radical (unpaired) electrons. The van der Waals surface area contributed by atoms with Crippen LogP contribution in [0.3, 0.4) is 0 Å². The van der Waals surface area contributed by atoms with E-state index in [4.69, 9.17) is 14.5 Å². The van der Waals surface area contributed by atoms with Crippen LogP contribution in [0.25, 0.3) is 0 Å². The van der Waals surface area contributed by atoms with E-state index in [-0.39, 0.29) is 5.97 Å². The molecule has 1 atom stereocenters. The van der Waals surface area contributed by atoms with Crippen molar-refractivity contribution in [2.24, 2.45) is 10.9 Å². The predicted molar refractivity (Wildman–Crippen MR) is 97.3 cm³/mol. The lowest BCUT2D eigenvalue weighted by Crippen LogP contribution is -2.41. The second kappa shape index (κ2) is 13.0. The number of rotatable bonds is 11. The summed E-state index contributed by atoms with van der Waals surface area (Å²) in [6.07, 6.45) is 5.79. The molecular formula is C18H35N3O3. The summed E-state index contributed by atoms with van der Waals surface area (Å²) in [6.45, 7) is 8.86. The van der Waals surface area contributed by atoms with Crippen LogP contribution in [-0.4, -0.2) is 63.3 Å². The van der Waals surface area contributed by atoms with Gasteiger partial charge in [-0.25, -0.2) is 0 Å². The number of nitrogens with one attached hydrogen (secondary N) is 1. The summed E-state index contributed by atoms with van der Waals surface area (Å²) in [5.74, 6) is 1.51. The zero-order valence-corrected chi connectivity index (χ0v) is 15.7. The van der Waals surface area contributed by atoms with Gasteiger partial charge in [-0.2, -0.15) is 0 Å². The van der Waals surface area contributed by atoms with Gasteiger partial charge in [0, 0.05) is 45.6 Å². The highest BCUT2D eigenvalue weighted by Gasteiger charge is 2.18. The second-order valence-corrected chi connectivity index (χ2v) is 6.32. The third kappa shape index (κ3) is 9.11. The number of carbonyl (C=O) groups is 1. The Labute approximate surface area is 147 Å². The lowest BCUT2D eigenvalue weighted by atomic mass is 10.1. The zero-order valence-electron chi connectivity index (χ0n) is 15.7. The average molecular weight is 341 g/mol. The molecule has 6 heteroatoms. The molecular weight excluding hydrogens is 306 g/mol. The standard InChI is InChI=1S/C18H35N3O3/c1-4-19-18(21(3)14-16-11-13-23-15-16)20-12-9-7-6-8-10-17(22)24-5-2/h16H,4-15H2,1-3H3,(H,19,20). The monoisotopic (exact) mass is 341 g/mol. The van der Waals surface area contributed by atoms with Gasteiger partial charge in [-0.1, -0.05) is 12.8 Å². The fourth-order valence-corrected chi connectivity index (χ4v) is 2.82. The van der Waals surface area contributed by atoms with Gasteiger partial charge in [0.1, 0.15) is 0 Å². The van der Waals surface area contributed by atoms with E-state index in [1.165, 1.54) is 0 Å². The van der Waals surface area contributed by atoms with Gasteiger partial charge < -0.3 is 19.7 Å². The van der Waals surface area contributed by atoms with Gasteiger partial charge in [0.2, 0.25) is 0 Å². The fraction of sp³-hybridized carbons (Fsp3) is 0.889. The maximum absolute atomic E-state index is 11.2. The van der Waals surface area contributed by atoms with Crippen LogP contribution in [-0.2, 0) is 14.3 Å². The molecule has 1 aliphatic heterocycles. The first-order valence-corrected chi connectivity index (χ1v) is 9.40. The van der Waals surface area contributed by atoms with Crippen molar-refractivity contribution in [1.82, 2.24) is 10.2 Å².